The predicted molar refractivity (Wildman–Crippen MR) is 61.1 cm³/mol. The highest BCUT2D eigenvalue weighted by Gasteiger charge is 2.16. The van der Waals surface area contributed by atoms with E-state index in [0.29, 0.717) is 12.0 Å². The molecule has 0 heterocycles. The van der Waals surface area contributed by atoms with Gasteiger partial charge in [-0.1, -0.05) is 11.6 Å². The predicted octanol–water partition coefficient (Wildman–Crippen LogP) is 2.32. The molecule has 0 atom stereocenters. The number of methoxy groups -OCH3 is 1. The normalized spacial score (nSPS) is 9.94. The molecule has 0 aliphatic heterocycles. The lowest BCUT2D eigenvalue weighted by Gasteiger charge is -2.10. The standard InChI is InChI=1S/C12H16O4/c1-7(2)4-5-8-9(13)6-10(16-3)12(15)11(8)14/h4,6,13-15H,5H2,1-3H3. The fourth-order valence-corrected chi connectivity index (χ4v) is 1.32. The molecule has 0 fully saturated rings. The minimum absolute atomic E-state index is 0.0518. The van der Waals surface area contributed by atoms with Crippen LogP contribution in [0.4, 0.5) is 0 Å². The van der Waals surface area contributed by atoms with Gasteiger partial charge in [-0.25, -0.2) is 0 Å². The molecule has 0 saturated carbocycles. The smallest absolute Gasteiger partial charge is 0.201 e. The summed E-state index contributed by atoms with van der Waals surface area (Å²) in [6.07, 6.45) is 2.21. The Morgan fingerprint density at radius 1 is 1.25 bits per heavy atom. The van der Waals surface area contributed by atoms with Crippen LogP contribution in [-0.2, 0) is 6.42 Å². The Kier molecular flexibility index (Phi) is 3.66. The second kappa shape index (κ2) is 4.79. The van der Waals surface area contributed by atoms with Gasteiger partial charge in [-0.2, -0.15) is 0 Å². The lowest BCUT2D eigenvalue weighted by Crippen LogP contribution is -1.90. The number of benzene rings is 1. The quantitative estimate of drug-likeness (QED) is 0.418. The number of aromatic hydroxyl groups is 3. The molecule has 16 heavy (non-hydrogen) atoms. The Labute approximate surface area is 94.4 Å². The summed E-state index contributed by atoms with van der Waals surface area (Å²) in [6, 6.07) is 1.28. The highest BCUT2D eigenvalue weighted by molar-refractivity contribution is 5.60. The molecule has 0 aliphatic rings. The van der Waals surface area contributed by atoms with Gasteiger partial charge >= 0.3 is 0 Å². The van der Waals surface area contributed by atoms with Gasteiger partial charge in [0.25, 0.3) is 0 Å². The van der Waals surface area contributed by atoms with E-state index in [0.717, 1.165) is 5.57 Å². The van der Waals surface area contributed by atoms with Crippen molar-refractivity contribution in [3.63, 3.8) is 0 Å². The van der Waals surface area contributed by atoms with E-state index in [1.165, 1.54) is 13.2 Å². The molecule has 0 aromatic heterocycles. The molecule has 0 amide bonds. The van der Waals surface area contributed by atoms with Crippen molar-refractivity contribution in [2.24, 2.45) is 0 Å². The number of rotatable bonds is 3. The molecule has 0 spiro atoms. The Bertz CT molecular complexity index is 418. The third-order valence-electron chi connectivity index (χ3n) is 2.25. The third kappa shape index (κ3) is 2.39. The SMILES string of the molecule is COc1cc(O)c(CC=C(C)C)c(O)c1O. The molecule has 1 aromatic rings. The van der Waals surface area contributed by atoms with Crippen LogP contribution in [0.1, 0.15) is 19.4 Å². The Morgan fingerprint density at radius 3 is 2.38 bits per heavy atom. The fraction of sp³-hybridized carbons (Fsp3) is 0.333. The molecule has 0 radical (unpaired) electrons. The number of hydrogen-bond donors (Lipinski definition) is 3. The van der Waals surface area contributed by atoms with E-state index in [9.17, 15) is 15.3 Å². The van der Waals surface area contributed by atoms with Crippen molar-refractivity contribution in [3.05, 3.63) is 23.3 Å². The second-order valence-corrected chi connectivity index (χ2v) is 3.76. The van der Waals surface area contributed by atoms with Gasteiger partial charge in [-0.05, 0) is 20.3 Å². The first-order chi connectivity index (χ1) is 7.47. The van der Waals surface area contributed by atoms with Crippen molar-refractivity contribution in [1.29, 1.82) is 0 Å². The summed E-state index contributed by atoms with van der Waals surface area (Å²) in [4.78, 5) is 0. The maximum Gasteiger partial charge on any atom is 0.201 e. The summed E-state index contributed by atoms with van der Waals surface area (Å²) in [7, 11) is 1.35. The highest BCUT2D eigenvalue weighted by atomic mass is 16.5. The van der Waals surface area contributed by atoms with E-state index in [1.54, 1.807) is 0 Å². The summed E-state index contributed by atoms with van der Waals surface area (Å²) in [5.74, 6) is -0.729. The van der Waals surface area contributed by atoms with Gasteiger partial charge in [0.2, 0.25) is 5.75 Å². The van der Waals surface area contributed by atoms with Crippen LogP contribution in [0.3, 0.4) is 0 Å². The molecule has 0 saturated heterocycles. The minimum atomic E-state index is -0.350. The monoisotopic (exact) mass is 224 g/mol. The average Bonchev–Trinajstić information content (AvgIpc) is 2.22. The third-order valence-corrected chi connectivity index (χ3v) is 2.25. The van der Waals surface area contributed by atoms with Gasteiger partial charge in [0.05, 0.1) is 7.11 Å². The summed E-state index contributed by atoms with van der Waals surface area (Å²) < 4.78 is 4.80. The van der Waals surface area contributed by atoms with Gasteiger partial charge in [0.1, 0.15) is 5.75 Å². The first kappa shape index (κ1) is 12.2. The summed E-state index contributed by atoms with van der Waals surface area (Å²) >= 11 is 0. The van der Waals surface area contributed by atoms with E-state index in [1.807, 2.05) is 19.9 Å². The zero-order chi connectivity index (χ0) is 12.3. The maximum absolute atomic E-state index is 9.68. The summed E-state index contributed by atoms with van der Waals surface area (Å²) in [5, 5.41) is 28.9. The van der Waals surface area contributed by atoms with Crippen LogP contribution in [0.5, 0.6) is 23.0 Å². The number of ether oxygens (including phenoxy) is 1. The van der Waals surface area contributed by atoms with Crippen LogP contribution in [0, 0.1) is 0 Å². The van der Waals surface area contributed by atoms with Crippen LogP contribution in [0.15, 0.2) is 17.7 Å². The number of hydrogen-bond acceptors (Lipinski definition) is 4. The molecule has 0 bridgehead atoms. The molecule has 0 aliphatic carbocycles. The first-order valence-electron chi connectivity index (χ1n) is 4.91. The van der Waals surface area contributed by atoms with E-state index in [2.05, 4.69) is 0 Å². The topological polar surface area (TPSA) is 69.9 Å². The lowest BCUT2D eigenvalue weighted by atomic mass is 10.1. The van der Waals surface area contributed by atoms with Crippen molar-refractivity contribution in [1.82, 2.24) is 0 Å². The first-order valence-corrected chi connectivity index (χ1v) is 4.91. The van der Waals surface area contributed by atoms with Gasteiger partial charge in [-0.15, -0.1) is 0 Å². The van der Waals surface area contributed by atoms with E-state index < -0.39 is 0 Å². The van der Waals surface area contributed by atoms with Crippen LogP contribution >= 0.6 is 0 Å². The van der Waals surface area contributed by atoms with Crippen molar-refractivity contribution in [2.45, 2.75) is 20.3 Å². The minimum Gasteiger partial charge on any atom is -0.507 e. The Balaban J connectivity index is 3.20. The van der Waals surface area contributed by atoms with E-state index in [4.69, 9.17) is 4.74 Å². The van der Waals surface area contributed by atoms with Gasteiger partial charge in [0, 0.05) is 11.6 Å². The van der Waals surface area contributed by atoms with Gasteiger partial charge in [0.15, 0.2) is 11.5 Å². The van der Waals surface area contributed by atoms with Gasteiger partial charge < -0.3 is 20.1 Å². The second-order valence-electron chi connectivity index (χ2n) is 3.76. The molecule has 88 valence electrons. The number of allylic oxidation sites excluding steroid dienone is 2. The van der Waals surface area contributed by atoms with Crippen LogP contribution in [0.25, 0.3) is 0 Å². The summed E-state index contributed by atoms with van der Waals surface area (Å²) in [6.45, 7) is 3.83. The van der Waals surface area contributed by atoms with Crippen molar-refractivity contribution in [2.75, 3.05) is 7.11 Å². The number of phenols is 3. The molecule has 0 unspecified atom stereocenters. The molecular formula is C12H16O4. The fourth-order valence-electron chi connectivity index (χ4n) is 1.32. The maximum atomic E-state index is 9.68. The van der Waals surface area contributed by atoms with Crippen LogP contribution in [0.2, 0.25) is 0 Å². The highest BCUT2D eigenvalue weighted by Crippen LogP contribution is 2.43. The summed E-state index contributed by atoms with van der Waals surface area (Å²) in [5.41, 5.74) is 1.36. The zero-order valence-electron chi connectivity index (χ0n) is 9.61. The molecule has 4 nitrogen and oxygen atoms in total. The molecule has 1 rings (SSSR count). The van der Waals surface area contributed by atoms with E-state index >= 15 is 0 Å². The number of phenolic OH excluding ortho intramolecular Hbond substituents is 3. The molecular weight excluding hydrogens is 208 g/mol. The Morgan fingerprint density at radius 2 is 1.88 bits per heavy atom. The van der Waals surface area contributed by atoms with Crippen LogP contribution < -0.4 is 4.74 Å². The zero-order valence-corrected chi connectivity index (χ0v) is 9.61. The van der Waals surface area contributed by atoms with Crippen molar-refractivity contribution < 1.29 is 20.1 Å². The lowest BCUT2D eigenvalue weighted by molar-refractivity contribution is 0.342. The largest absolute Gasteiger partial charge is 0.507 e. The van der Waals surface area contributed by atoms with Crippen molar-refractivity contribution >= 4 is 0 Å². The molecule has 1 aromatic carbocycles. The average molecular weight is 224 g/mol. The molecule has 4 heteroatoms. The Hall–Kier alpha value is -1.84. The van der Waals surface area contributed by atoms with Crippen LogP contribution in [-0.4, -0.2) is 22.4 Å². The van der Waals surface area contributed by atoms with E-state index in [-0.39, 0.29) is 23.0 Å². The van der Waals surface area contributed by atoms with Crippen molar-refractivity contribution in [3.8, 4) is 23.0 Å². The molecule has 3 N–H and O–H groups in total. The van der Waals surface area contributed by atoms with Gasteiger partial charge in [-0.3, -0.25) is 0 Å².